The lowest BCUT2D eigenvalue weighted by Crippen LogP contribution is -2.15. The van der Waals surface area contributed by atoms with Gasteiger partial charge in [-0.25, -0.2) is 9.37 Å². The lowest BCUT2D eigenvalue weighted by atomic mass is 9.96. The van der Waals surface area contributed by atoms with Crippen LogP contribution in [0.15, 0.2) is 30.6 Å². The summed E-state index contributed by atoms with van der Waals surface area (Å²) in [4.78, 5) is 8.81. The summed E-state index contributed by atoms with van der Waals surface area (Å²) in [6, 6.07) is 6.52. The van der Waals surface area contributed by atoms with E-state index in [0.717, 1.165) is 29.9 Å². The average molecular weight is 297 g/mol. The van der Waals surface area contributed by atoms with Gasteiger partial charge in [0.15, 0.2) is 0 Å². The number of nitrogens with one attached hydrogen (secondary N) is 1. The van der Waals surface area contributed by atoms with Gasteiger partial charge in [-0.2, -0.15) is 14.6 Å². The highest BCUT2D eigenvalue weighted by atomic mass is 19.1. The molecule has 22 heavy (non-hydrogen) atoms. The van der Waals surface area contributed by atoms with Gasteiger partial charge in [-0.05, 0) is 43.4 Å². The molecule has 0 unspecified atom stereocenters. The number of benzene rings is 1. The minimum atomic E-state index is -0.219. The molecule has 1 N–H and O–H groups in total. The van der Waals surface area contributed by atoms with E-state index in [2.05, 4.69) is 20.4 Å². The fourth-order valence-electron chi connectivity index (χ4n) is 2.96. The van der Waals surface area contributed by atoms with Crippen LogP contribution in [0.3, 0.4) is 0 Å². The molecule has 0 saturated heterocycles. The summed E-state index contributed by atoms with van der Waals surface area (Å²) in [5, 5.41) is 7.71. The molecule has 0 spiro atoms. The van der Waals surface area contributed by atoms with Gasteiger partial charge in [-0.15, -0.1) is 0 Å². The van der Waals surface area contributed by atoms with Crippen LogP contribution in [0.2, 0.25) is 0 Å². The largest absolute Gasteiger partial charge is 0.366 e. The zero-order valence-corrected chi connectivity index (χ0v) is 12.1. The highest BCUT2D eigenvalue weighted by Crippen LogP contribution is 2.27. The van der Waals surface area contributed by atoms with Gasteiger partial charge in [0, 0.05) is 12.1 Å². The van der Waals surface area contributed by atoms with Gasteiger partial charge in [0.1, 0.15) is 18.0 Å². The van der Waals surface area contributed by atoms with Crippen molar-refractivity contribution in [1.29, 1.82) is 0 Å². The SMILES string of the molecule is Fc1ccc(CNc2c3c(nc4ncnn24)CCCC3)cc1. The molecule has 0 fully saturated rings. The highest BCUT2D eigenvalue weighted by molar-refractivity contribution is 5.53. The lowest BCUT2D eigenvalue weighted by molar-refractivity contribution is 0.627. The molecular weight excluding hydrogens is 281 g/mol. The van der Waals surface area contributed by atoms with Crippen molar-refractivity contribution in [3.63, 3.8) is 0 Å². The maximum atomic E-state index is 13.0. The number of hydrogen-bond donors (Lipinski definition) is 1. The van der Waals surface area contributed by atoms with Crippen molar-refractivity contribution in [2.75, 3.05) is 5.32 Å². The third-order valence-corrected chi connectivity index (χ3v) is 4.07. The minimum absolute atomic E-state index is 0.219. The molecule has 0 atom stereocenters. The quantitative estimate of drug-likeness (QED) is 0.807. The Labute approximate surface area is 127 Å². The summed E-state index contributed by atoms with van der Waals surface area (Å²) < 4.78 is 14.7. The van der Waals surface area contributed by atoms with Crippen molar-refractivity contribution in [2.45, 2.75) is 32.2 Å². The maximum Gasteiger partial charge on any atom is 0.254 e. The van der Waals surface area contributed by atoms with Gasteiger partial charge >= 0.3 is 0 Å². The molecule has 1 aromatic carbocycles. The van der Waals surface area contributed by atoms with Crippen LogP contribution in [-0.2, 0) is 19.4 Å². The second kappa shape index (κ2) is 5.36. The van der Waals surface area contributed by atoms with E-state index in [0.29, 0.717) is 12.3 Å². The topological polar surface area (TPSA) is 55.1 Å². The first kappa shape index (κ1) is 13.2. The van der Waals surface area contributed by atoms with Crippen molar-refractivity contribution < 1.29 is 4.39 Å². The van der Waals surface area contributed by atoms with Gasteiger partial charge in [-0.1, -0.05) is 12.1 Å². The summed E-state index contributed by atoms with van der Waals surface area (Å²) in [6.45, 7) is 0.617. The Bertz CT molecular complexity index is 809. The van der Waals surface area contributed by atoms with Gasteiger partial charge in [-0.3, -0.25) is 0 Å². The molecular formula is C16H16FN5. The second-order valence-electron chi connectivity index (χ2n) is 5.54. The molecule has 0 radical (unpaired) electrons. The van der Waals surface area contributed by atoms with Crippen LogP contribution < -0.4 is 5.32 Å². The Morgan fingerprint density at radius 1 is 1.14 bits per heavy atom. The standard InChI is InChI=1S/C16H16FN5/c17-12-7-5-11(6-8-12)9-18-15-13-3-1-2-4-14(13)21-16-19-10-20-22(15)16/h5-8,10,18H,1-4,9H2. The fourth-order valence-corrected chi connectivity index (χ4v) is 2.96. The Morgan fingerprint density at radius 3 is 2.82 bits per heavy atom. The van der Waals surface area contributed by atoms with E-state index < -0.39 is 0 Å². The molecule has 3 aromatic rings. The van der Waals surface area contributed by atoms with Gasteiger partial charge in [0.25, 0.3) is 5.78 Å². The molecule has 0 aliphatic heterocycles. The number of rotatable bonds is 3. The van der Waals surface area contributed by atoms with Crippen LogP contribution in [0.1, 0.15) is 29.7 Å². The summed E-state index contributed by atoms with van der Waals surface area (Å²) in [5.41, 5.74) is 3.37. The summed E-state index contributed by atoms with van der Waals surface area (Å²) in [6.07, 6.45) is 5.85. The molecule has 0 bridgehead atoms. The first-order valence-corrected chi connectivity index (χ1v) is 7.51. The normalized spacial score (nSPS) is 14.0. The van der Waals surface area contributed by atoms with Crippen molar-refractivity contribution in [1.82, 2.24) is 19.6 Å². The van der Waals surface area contributed by atoms with E-state index >= 15 is 0 Å². The first-order chi connectivity index (χ1) is 10.8. The van der Waals surface area contributed by atoms with Crippen LogP contribution >= 0.6 is 0 Å². The Hall–Kier alpha value is -2.50. The van der Waals surface area contributed by atoms with E-state index in [1.807, 2.05) is 0 Å². The summed E-state index contributed by atoms with van der Waals surface area (Å²) in [5.74, 6) is 1.37. The molecule has 4 rings (SSSR count). The molecule has 112 valence electrons. The number of halogens is 1. The van der Waals surface area contributed by atoms with Gasteiger partial charge < -0.3 is 5.32 Å². The van der Waals surface area contributed by atoms with Crippen LogP contribution in [0.4, 0.5) is 10.2 Å². The first-order valence-electron chi connectivity index (χ1n) is 7.51. The molecule has 1 aliphatic rings. The third kappa shape index (κ3) is 2.30. The summed E-state index contributed by atoms with van der Waals surface area (Å²) >= 11 is 0. The third-order valence-electron chi connectivity index (χ3n) is 4.07. The number of hydrogen-bond acceptors (Lipinski definition) is 4. The van der Waals surface area contributed by atoms with E-state index in [4.69, 9.17) is 0 Å². The zero-order valence-electron chi connectivity index (χ0n) is 12.1. The van der Waals surface area contributed by atoms with Crippen molar-refractivity contribution >= 4 is 11.6 Å². The van der Waals surface area contributed by atoms with Crippen molar-refractivity contribution in [3.05, 3.63) is 53.2 Å². The van der Waals surface area contributed by atoms with E-state index in [1.165, 1.54) is 36.9 Å². The van der Waals surface area contributed by atoms with Crippen LogP contribution in [0.5, 0.6) is 0 Å². The van der Waals surface area contributed by atoms with Crippen LogP contribution in [-0.4, -0.2) is 19.6 Å². The molecule has 0 amide bonds. The Kier molecular flexibility index (Phi) is 3.21. The number of aryl methyl sites for hydroxylation is 1. The smallest absolute Gasteiger partial charge is 0.254 e. The molecule has 0 saturated carbocycles. The van der Waals surface area contributed by atoms with Crippen LogP contribution in [0.25, 0.3) is 5.78 Å². The van der Waals surface area contributed by atoms with Gasteiger partial charge in [0.2, 0.25) is 0 Å². The van der Waals surface area contributed by atoms with Crippen molar-refractivity contribution in [2.24, 2.45) is 0 Å². The predicted molar refractivity (Wildman–Crippen MR) is 81.2 cm³/mol. The monoisotopic (exact) mass is 297 g/mol. The van der Waals surface area contributed by atoms with Gasteiger partial charge in [0.05, 0.1) is 5.69 Å². The molecule has 1 aliphatic carbocycles. The average Bonchev–Trinajstić information content (AvgIpc) is 3.01. The Morgan fingerprint density at radius 2 is 1.95 bits per heavy atom. The number of fused-ring (bicyclic) bond motifs is 2. The van der Waals surface area contributed by atoms with E-state index in [-0.39, 0.29) is 5.82 Å². The molecule has 6 heteroatoms. The predicted octanol–water partition coefficient (Wildman–Crippen LogP) is 2.75. The highest BCUT2D eigenvalue weighted by Gasteiger charge is 2.19. The van der Waals surface area contributed by atoms with E-state index in [9.17, 15) is 4.39 Å². The maximum absolute atomic E-state index is 13.0. The minimum Gasteiger partial charge on any atom is -0.366 e. The number of nitrogens with zero attached hydrogens (tertiary/aromatic N) is 4. The molecule has 2 aromatic heterocycles. The fraction of sp³-hybridized carbons (Fsp3) is 0.312. The second-order valence-corrected chi connectivity index (χ2v) is 5.54. The van der Waals surface area contributed by atoms with Crippen LogP contribution in [0, 0.1) is 5.82 Å². The number of aromatic nitrogens is 4. The lowest BCUT2D eigenvalue weighted by Gasteiger charge is -2.20. The number of anilines is 1. The van der Waals surface area contributed by atoms with Crippen molar-refractivity contribution in [3.8, 4) is 0 Å². The van der Waals surface area contributed by atoms with E-state index in [1.54, 1.807) is 16.6 Å². The molecule has 5 nitrogen and oxygen atoms in total. The summed E-state index contributed by atoms with van der Waals surface area (Å²) in [7, 11) is 0. The Balaban J connectivity index is 1.70. The zero-order chi connectivity index (χ0) is 14.9. The molecule has 2 heterocycles.